The highest BCUT2D eigenvalue weighted by molar-refractivity contribution is 5.00. The smallest absolute Gasteiger partial charge is 0.0762 e. The molecule has 1 aromatic heterocycles. The summed E-state index contributed by atoms with van der Waals surface area (Å²) in [6.07, 6.45) is 3.84. The maximum atomic E-state index is 9.46. The van der Waals surface area contributed by atoms with Gasteiger partial charge in [0.05, 0.1) is 12.3 Å². The van der Waals surface area contributed by atoms with Crippen LogP contribution in [0, 0.1) is 0 Å². The van der Waals surface area contributed by atoms with Gasteiger partial charge in [-0.3, -0.25) is 4.68 Å². The Balaban J connectivity index is 2.59. The van der Waals surface area contributed by atoms with Gasteiger partial charge in [-0.2, -0.15) is 5.10 Å². The molecule has 0 amide bonds. The van der Waals surface area contributed by atoms with Gasteiger partial charge in [-0.15, -0.1) is 0 Å². The van der Waals surface area contributed by atoms with Crippen molar-refractivity contribution in [1.29, 1.82) is 0 Å². The molecule has 4 nitrogen and oxygen atoms in total. The molecule has 0 aliphatic rings. The van der Waals surface area contributed by atoms with Gasteiger partial charge in [-0.05, 0) is 32.8 Å². The fourth-order valence-corrected chi connectivity index (χ4v) is 1.82. The summed E-state index contributed by atoms with van der Waals surface area (Å²) in [5, 5.41) is 17.4. The SMILES string of the molecule is CCC(CC)(CO)NCc1ccn(C(C)C)n1. The topological polar surface area (TPSA) is 50.1 Å². The van der Waals surface area contributed by atoms with E-state index in [0.717, 1.165) is 18.5 Å². The highest BCUT2D eigenvalue weighted by atomic mass is 16.3. The maximum absolute atomic E-state index is 9.46. The Morgan fingerprint density at radius 1 is 1.41 bits per heavy atom. The minimum atomic E-state index is -0.165. The van der Waals surface area contributed by atoms with Crippen molar-refractivity contribution in [1.82, 2.24) is 15.1 Å². The number of rotatable bonds is 7. The predicted molar refractivity (Wildman–Crippen MR) is 69.9 cm³/mol. The van der Waals surface area contributed by atoms with E-state index in [4.69, 9.17) is 0 Å². The molecule has 0 saturated carbocycles. The van der Waals surface area contributed by atoms with E-state index in [9.17, 15) is 5.11 Å². The van der Waals surface area contributed by atoms with E-state index >= 15 is 0 Å². The molecule has 4 heteroatoms. The van der Waals surface area contributed by atoms with Gasteiger partial charge in [0.1, 0.15) is 0 Å². The number of hydrogen-bond donors (Lipinski definition) is 2. The third-order valence-corrected chi connectivity index (χ3v) is 3.49. The van der Waals surface area contributed by atoms with E-state index < -0.39 is 0 Å². The van der Waals surface area contributed by atoms with E-state index in [0.29, 0.717) is 12.6 Å². The highest BCUT2D eigenvalue weighted by Gasteiger charge is 2.24. The molecule has 1 aromatic rings. The fraction of sp³-hybridized carbons (Fsp3) is 0.769. The zero-order chi connectivity index (χ0) is 12.9. The van der Waals surface area contributed by atoms with Crippen molar-refractivity contribution in [3.05, 3.63) is 18.0 Å². The van der Waals surface area contributed by atoms with E-state index in [-0.39, 0.29) is 12.1 Å². The first-order valence-corrected chi connectivity index (χ1v) is 6.46. The Morgan fingerprint density at radius 2 is 2.06 bits per heavy atom. The quantitative estimate of drug-likeness (QED) is 0.766. The van der Waals surface area contributed by atoms with Crippen molar-refractivity contribution < 1.29 is 5.11 Å². The molecule has 17 heavy (non-hydrogen) atoms. The molecule has 0 unspecified atom stereocenters. The van der Waals surface area contributed by atoms with Crippen LogP contribution in [0.5, 0.6) is 0 Å². The van der Waals surface area contributed by atoms with Gasteiger partial charge < -0.3 is 10.4 Å². The molecule has 0 saturated heterocycles. The molecule has 1 heterocycles. The first-order chi connectivity index (χ1) is 8.06. The van der Waals surface area contributed by atoms with Crippen LogP contribution in [-0.2, 0) is 6.54 Å². The normalized spacial score (nSPS) is 12.4. The summed E-state index contributed by atoms with van der Waals surface area (Å²) in [4.78, 5) is 0. The van der Waals surface area contributed by atoms with Crippen molar-refractivity contribution in [2.45, 2.75) is 58.7 Å². The average molecular weight is 239 g/mol. The Morgan fingerprint density at radius 3 is 2.47 bits per heavy atom. The molecular formula is C13H25N3O. The fourth-order valence-electron chi connectivity index (χ4n) is 1.82. The van der Waals surface area contributed by atoms with Crippen LogP contribution < -0.4 is 5.32 Å². The highest BCUT2D eigenvalue weighted by Crippen LogP contribution is 2.15. The van der Waals surface area contributed by atoms with Crippen molar-refractivity contribution in [3.8, 4) is 0 Å². The lowest BCUT2D eigenvalue weighted by molar-refractivity contribution is 0.149. The van der Waals surface area contributed by atoms with Crippen LogP contribution >= 0.6 is 0 Å². The Bertz CT molecular complexity index is 321. The minimum absolute atomic E-state index is 0.165. The molecule has 1 rings (SSSR count). The van der Waals surface area contributed by atoms with E-state index in [1.54, 1.807) is 0 Å². The van der Waals surface area contributed by atoms with Crippen molar-refractivity contribution in [2.24, 2.45) is 0 Å². The molecule has 98 valence electrons. The molecule has 0 radical (unpaired) electrons. The lowest BCUT2D eigenvalue weighted by Gasteiger charge is -2.30. The van der Waals surface area contributed by atoms with Crippen LogP contribution in [0.4, 0.5) is 0 Å². The van der Waals surface area contributed by atoms with Crippen LogP contribution in [0.15, 0.2) is 12.3 Å². The second kappa shape index (κ2) is 6.17. The summed E-state index contributed by atoms with van der Waals surface area (Å²) in [6.45, 7) is 9.30. The zero-order valence-corrected chi connectivity index (χ0v) is 11.4. The number of nitrogens with zero attached hydrogens (tertiary/aromatic N) is 2. The second-order valence-corrected chi connectivity index (χ2v) is 4.88. The van der Waals surface area contributed by atoms with Gasteiger partial charge in [-0.1, -0.05) is 13.8 Å². The van der Waals surface area contributed by atoms with Gasteiger partial charge >= 0.3 is 0 Å². The summed E-state index contributed by atoms with van der Waals surface area (Å²) in [7, 11) is 0. The van der Waals surface area contributed by atoms with Crippen molar-refractivity contribution >= 4 is 0 Å². The standard InChI is InChI=1S/C13H25N3O/c1-5-13(6-2,10-17)14-9-12-7-8-16(15-12)11(3)4/h7-8,11,14,17H,5-6,9-10H2,1-4H3. The van der Waals surface area contributed by atoms with Crippen molar-refractivity contribution in [2.75, 3.05) is 6.61 Å². The Labute approximate surface area is 104 Å². The first kappa shape index (κ1) is 14.2. The van der Waals surface area contributed by atoms with Crippen LogP contribution in [-0.4, -0.2) is 27.0 Å². The van der Waals surface area contributed by atoms with Crippen LogP contribution in [0.3, 0.4) is 0 Å². The lowest BCUT2D eigenvalue weighted by Crippen LogP contribution is -2.47. The number of hydrogen-bond acceptors (Lipinski definition) is 3. The predicted octanol–water partition coefficient (Wildman–Crippen LogP) is 2.10. The molecule has 0 aliphatic heterocycles. The molecule has 2 N–H and O–H groups in total. The van der Waals surface area contributed by atoms with Gasteiger partial charge in [0.15, 0.2) is 0 Å². The minimum Gasteiger partial charge on any atom is -0.394 e. The Kier molecular flexibility index (Phi) is 5.15. The van der Waals surface area contributed by atoms with Gasteiger partial charge in [0, 0.05) is 24.3 Å². The summed E-state index contributed by atoms with van der Waals surface area (Å²) in [5.41, 5.74) is 0.861. The summed E-state index contributed by atoms with van der Waals surface area (Å²) >= 11 is 0. The van der Waals surface area contributed by atoms with Gasteiger partial charge in [-0.25, -0.2) is 0 Å². The van der Waals surface area contributed by atoms with Gasteiger partial charge in [0.2, 0.25) is 0 Å². The van der Waals surface area contributed by atoms with Gasteiger partial charge in [0.25, 0.3) is 0 Å². The zero-order valence-electron chi connectivity index (χ0n) is 11.4. The van der Waals surface area contributed by atoms with E-state index in [1.165, 1.54) is 0 Å². The monoisotopic (exact) mass is 239 g/mol. The number of nitrogens with one attached hydrogen (secondary N) is 1. The second-order valence-electron chi connectivity index (χ2n) is 4.88. The Hall–Kier alpha value is -0.870. The van der Waals surface area contributed by atoms with E-state index in [2.05, 4.69) is 38.1 Å². The van der Waals surface area contributed by atoms with Crippen LogP contribution in [0.1, 0.15) is 52.3 Å². The lowest BCUT2D eigenvalue weighted by atomic mass is 9.94. The number of aromatic nitrogens is 2. The third-order valence-electron chi connectivity index (χ3n) is 3.49. The summed E-state index contributed by atoms with van der Waals surface area (Å²) in [5.74, 6) is 0. The molecule has 0 atom stereocenters. The molecule has 0 fully saturated rings. The third kappa shape index (κ3) is 3.54. The summed E-state index contributed by atoms with van der Waals surface area (Å²) < 4.78 is 1.95. The number of aliphatic hydroxyl groups excluding tert-OH is 1. The molecule has 0 spiro atoms. The maximum Gasteiger partial charge on any atom is 0.0762 e. The molecule has 0 bridgehead atoms. The first-order valence-electron chi connectivity index (χ1n) is 6.46. The van der Waals surface area contributed by atoms with Crippen molar-refractivity contribution in [3.63, 3.8) is 0 Å². The number of aliphatic hydroxyl groups is 1. The van der Waals surface area contributed by atoms with E-state index in [1.807, 2.05) is 16.9 Å². The molecule has 0 aliphatic carbocycles. The molecular weight excluding hydrogens is 214 g/mol. The summed E-state index contributed by atoms with van der Waals surface area (Å²) in [6, 6.07) is 2.42. The van der Waals surface area contributed by atoms with Crippen LogP contribution in [0.2, 0.25) is 0 Å². The largest absolute Gasteiger partial charge is 0.394 e. The molecule has 0 aromatic carbocycles. The average Bonchev–Trinajstić information content (AvgIpc) is 2.81. The van der Waals surface area contributed by atoms with Crippen LogP contribution in [0.25, 0.3) is 0 Å².